The molecule has 0 unspecified atom stereocenters. The smallest absolute Gasteiger partial charge is 0.248 e. The van der Waals surface area contributed by atoms with Crippen LogP contribution in [0.3, 0.4) is 0 Å². The fraction of sp³-hybridized carbons (Fsp3) is 0.353. The van der Waals surface area contributed by atoms with Crippen molar-refractivity contribution < 1.29 is 14.3 Å². The zero-order chi connectivity index (χ0) is 17.2. The van der Waals surface area contributed by atoms with E-state index in [4.69, 9.17) is 20.0 Å². The Morgan fingerprint density at radius 1 is 1.26 bits per heavy atom. The van der Waals surface area contributed by atoms with E-state index >= 15 is 0 Å². The maximum absolute atomic E-state index is 11.9. The Balaban J connectivity index is 2.90. The van der Waals surface area contributed by atoms with Gasteiger partial charge < -0.3 is 14.4 Å². The van der Waals surface area contributed by atoms with E-state index in [1.165, 1.54) is 6.08 Å². The van der Waals surface area contributed by atoms with Crippen LogP contribution in [0.1, 0.15) is 19.4 Å². The molecule has 0 aromatic heterocycles. The van der Waals surface area contributed by atoms with E-state index in [9.17, 15) is 4.79 Å². The van der Waals surface area contributed by atoms with E-state index in [1.807, 2.05) is 26.0 Å². The van der Waals surface area contributed by atoms with E-state index in [0.717, 1.165) is 10.5 Å². The predicted molar refractivity (Wildman–Crippen MR) is 85.6 cm³/mol. The summed E-state index contributed by atoms with van der Waals surface area (Å²) in [5.41, 5.74) is 0.750. The molecule has 0 aliphatic carbocycles. The fourth-order valence-electron chi connectivity index (χ4n) is 1.79. The molecule has 0 aliphatic rings. The lowest BCUT2D eigenvalue weighted by Gasteiger charge is -2.14. The number of carbonyl (C=O) groups excluding carboxylic acids is 1. The molecule has 23 heavy (non-hydrogen) atoms. The van der Waals surface area contributed by atoms with Crippen molar-refractivity contribution in [1.29, 1.82) is 10.5 Å². The average molecular weight is 313 g/mol. The number of methoxy groups -OCH3 is 1. The summed E-state index contributed by atoms with van der Waals surface area (Å²) in [7, 11) is 1.54. The van der Waals surface area contributed by atoms with Crippen molar-refractivity contribution in [2.75, 3.05) is 20.2 Å². The highest BCUT2D eigenvalue weighted by atomic mass is 16.5. The lowest BCUT2D eigenvalue weighted by molar-refractivity contribution is -0.124. The summed E-state index contributed by atoms with van der Waals surface area (Å²) >= 11 is 0. The third-order valence-electron chi connectivity index (χ3n) is 2.80. The Labute approximate surface area is 136 Å². The largest absolute Gasteiger partial charge is 0.493 e. The van der Waals surface area contributed by atoms with Crippen molar-refractivity contribution in [3.05, 3.63) is 29.8 Å². The molecule has 0 spiro atoms. The first-order chi connectivity index (χ1) is 11.0. The van der Waals surface area contributed by atoms with Gasteiger partial charge in [0.1, 0.15) is 13.1 Å². The Bertz CT molecular complexity index is 638. The van der Waals surface area contributed by atoms with E-state index < -0.39 is 5.91 Å². The summed E-state index contributed by atoms with van der Waals surface area (Å²) in [4.78, 5) is 13.1. The molecule has 0 fully saturated rings. The van der Waals surface area contributed by atoms with Crippen LogP contribution in [0.25, 0.3) is 6.08 Å². The molecule has 0 aliphatic heterocycles. The van der Waals surface area contributed by atoms with E-state index in [0.29, 0.717) is 11.5 Å². The number of amides is 1. The van der Waals surface area contributed by atoms with Gasteiger partial charge in [0.05, 0.1) is 25.4 Å². The highest BCUT2D eigenvalue weighted by molar-refractivity contribution is 5.92. The van der Waals surface area contributed by atoms with Gasteiger partial charge >= 0.3 is 0 Å². The van der Waals surface area contributed by atoms with Crippen LogP contribution in [0, 0.1) is 22.7 Å². The minimum absolute atomic E-state index is 0.0254. The number of hydrogen-bond acceptors (Lipinski definition) is 5. The van der Waals surface area contributed by atoms with Crippen LogP contribution in [-0.4, -0.2) is 37.1 Å². The first kappa shape index (κ1) is 18.1. The number of nitrogens with zero attached hydrogens (tertiary/aromatic N) is 3. The summed E-state index contributed by atoms with van der Waals surface area (Å²) in [6, 6.07) is 9.03. The molecule has 1 aromatic rings. The fourth-order valence-corrected chi connectivity index (χ4v) is 1.79. The van der Waals surface area contributed by atoms with Crippen LogP contribution in [0.2, 0.25) is 0 Å². The summed E-state index contributed by atoms with van der Waals surface area (Å²) in [5.74, 6) is 0.801. The molecule has 0 heterocycles. The molecular weight excluding hydrogens is 294 g/mol. The molecule has 0 radical (unpaired) electrons. The molecule has 1 aromatic carbocycles. The molecule has 6 heteroatoms. The molecule has 0 saturated heterocycles. The van der Waals surface area contributed by atoms with Gasteiger partial charge in [-0.05, 0) is 37.6 Å². The third-order valence-corrected chi connectivity index (χ3v) is 2.80. The molecule has 0 saturated carbocycles. The summed E-state index contributed by atoms with van der Waals surface area (Å²) < 4.78 is 10.9. The van der Waals surface area contributed by atoms with Gasteiger partial charge in [-0.3, -0.25) is 4.79 Å². The SMILES string of the molecule is COc1cc(/C=C\C(=O)N(CC#N)CC#N)ccc1OC(C)C. The predicted octanol–water partition coefficient (Wildman–Crippen LogP) is 2.37. The van der Waals surface area contributed by atoms with Crippen molar-refractivity contribution >= 4 is 12.0 Å². The Morgan fingerprint density at radius 2 is 1.91 bits per heavy atom. The molecule has 1 amide bonds. The number of benzene rings is 1. The van der Waals surface area contributed by atoms with Gasteiger partial charge in [-0.2, -0.15) is 10.5 Å². The van der Waals surface area contributed by atoms with Gasteiger partial charge in [0.2, 0.25) is 5.91 Å². The normalized spacial score (nSPS) is 10.2. The van der Waals surface area contributed by atoms with Gasteiger partial charge in [-0.25, -0.2) is 0 Å². The van der Waals surface area contributed by atoms with Crippen LogP contribution in [0.4, 0.5) is 0 Å². The van der Waals surface area contributed by atoms with Crippen LogP contribution >= 0.6 is 0 Å². The van der Waals surface area contributed by atoms with Gasteiger partial charge in [0, 0.05) is 6.08 Å². The number of ether oxygens (including phenoxy) is 2. The van der Waals surface area contributed by atoms with Crippen LogP contribution in [-0.2, 0) is 4.79 Å². The summed E-state index contributed by atoms with van der Waals surface area (Å²) in [6.07, 6.45) is 2.95. The number of rotatable bonds is 7. The highest BCUT2D eigenvalue weighted by Crippen LogP contribution is 2.29. The van der Waals surface area contributed by atoms with E-state index in [2.05, 4.69) is 0 Å². The van der Waals surface area contributed by atoms with Gasteiger partial charge in [-0.1, -0.05) is 6.07 Å². The second kappa shape index (κ2) is 9.11. The van der Waals surface area contributed by atoms with Crippen molar-refractivity contribution in [2.24, 2.45) is 0 Å². The van der Waals surface area contributed by atoms with E-state index in [-0.39, 0.29) is 19.2 Å². The summed E-state index contributed by atoms with van der Waals surface area (Å²) in [5, 5.41) is 17.3. The van der Waals surface area contributed by atoms with Crippen LogP contribution in [0.5, 0.6) is 11.5 Å². The van der Waals surface area contributed by atoms with Crippen molar-refractivity contribution in [3.63, 3.8) is 0 Å². The number of nitriles is 2. The van der Waals surface area contributed by atoms with Gasteiger partial charge in [0.15, 0.2) is 11.5 Å². The first-order valence-electron chi connectivity index (χ1n) is 7.07. The quantitative estimate of drug-likeness (QED) is 0.570. The molecule has 1 rings (SSSR count). The van der Waals surface area contributed by atoms with Gasteiger partial charge in [0.25, 0.3) is 0 Å². The first-order valence-corrected chi connectivity index (χ1v) is 7.07. The topological polar surface area (TPSA) is 86.4 Å². The zero-order valence-corrected chi connectivity index (χ0v) is 13.4. The maximum Gasteiger partial charge on any atom is 0.248 e. The second-order valence-corrected chi connectivity index (χ2v) is 4.92. The highest BCUT2D eigenvalue weighted by Gasteiger charge is 2.10. The average Bonchev–Trinajstić information content (AvgIpc) is 2.52. The second-order valence-electron chi connectivity index (χ2n) is 4.92. The molecule has 0 bridgehead atoms. The Kier molecular flexibility index (Phi) is 7.16. The lowest BCUT2D eigenvalue weighted by Crippen LogP contribution is -2.30. The van der Waals surface area contributed by atoms with Gasteiger partial charge in [-0.15, -0.1) is 0 Å². The zero-order valence-electron chi connectivity index (χ0n) is 13.4. The summed E-state index contributed by atoms with van der Waals surface area (Å²) in [6.45, 7) is 3.60. The van der Waals surface area contributed by atoms with E-state index in [1.54, 1.807) is 31.4 Å². The minimum atomic E-state index is -0.394. The molecule has 0 N–H and O–H groups in total. The number of hydrogen-bond donors (Lipinski definition) is 0. The maximum atomic E-state index is 11.9. The third kappa shape index (κ3) is 5.72. The Hall–Kier alpha value is -2.99. The van der Waals surface area contributed by atoms with Crippen molar-refractivity contribution in [1.82, 2.24) is 4.90 Å². The molecule has 6 nitrogen and oxygen atoms in total. The van der Waals surface area contributed by atoms with Crippen molar-refractivity contribution in [2.45, 2.75) is 20.0 Å². The molecular formula is C17H19N3O3. The molecule has 120 valence electrons. The number of carbonyl (C=O) groups is 1. The van der Waals surface area contributed by atoms with Crippen LogP contribution < -0.4 is 9.47 Å². The Morgan fingerprint density at radius 3 is 2.43 bits per heavy atom. The lowest BCUT2D eigenvalue weighted by atomic mass is 10.2. The van der Waals surface area contributed by atoms with Crippen LogP contribution in [0.15, 0.2) is 24.3 Å². The minimum Gasteiger partial charge on any atom is -0.493 e. The van der Waals surface area contributed by atoms with Crippen molar-refractivity contribution in [3.8, 4) is 23.6 Å². The standard InChI is InChI=1S/C17H19N3O3/c1-13(2)23-15-6-4-14(12-16(15)22-3)5-7-17(21)20(10-8-18)11-9-19/h4-7,12-13H,10-11H2,1-3H3/b7-5-. The molecule has 0 atom stereocenters. The monoisotopic (exact) mass is 313 g/mol.